The van der Waals surface area contributed by atoms with Crippen LogP contribution in [0.3, 0.4) is 0 Å². The zero-order valence-corrected chi connectivity index (χ0v) is 10.4. The Hall–Kier alpha value is -1.71. The first-order valence-electron chi connectivity index (χ1n) is 5.39. The molecule has 0 aliphatic heterocycles. The van der Waals surface area contributed by atoms with E-state index in [-0.39, 0.29) is 5.56 Å². The maximum Gasteiger partial charge on any atom is 0.346 e. The Bertz CT molecular complexity index is 478. The van der Waals surface area contributed by atoms with Crippen LogP contribution in [0.2, 0.25) is 0 Å². The summed E-state index contributed by atoms with van der Waals surface area (Å²) in [6.45, 7) is 6.25. The van der Waals surface area contributed by atoms with Crippen LogP contribution in [0.25, 0.3) is 0 Å². The maximum atomic E-state index is 13.9. The van der Waals surface area contributed by atoms with Crippen molar-refractivity contribution in [1.29, 1.82) is 0 Å². The van der Waals surface area contributed by atoms with Gasteiger partial charge in [-0.2, -0.15) is 0 Å². The Balaban J connectivity index is 3.33. The van der Waals surface area contributed by atoms with Crippen molar-refractivity contribution < 1.29 is 18.7 Å². The lowest BCUT2D eigenvalue weighted by Gasteiger charge is -2.12. The second-order valence-electron chi connectivity index (χ2n) is 3.89. The first kappa shape index (κ1) is 13.4. The first-order chi connectivity index (χ1) is 7.88. The molecule has 4 heteroatoms. The first-order valence-corrected chi connectivity index (χ1v) is 5.39. The zero-order valence-electron chi connectivity index (χ0n) is 10.4. The second-order valence-corrected chi connectivity index (χ2v) is 3.89. The van der Waals surface area contributed by atoms with E-state index in [0.717, 1.165) is 6.92 Å². The Kier molecular flexibility index (Phi) is 3.99. The fraction of sp³-hybridized carbons (Fsp3) is 0.385. The van der Waals surface area contributed by atoms with Crippen LogP contribution in [0.1, 0.15) is 40.9 Å². The SMILES string of the molecule is CCc1c(C(=O)OC(C)=O)cc(C)c(C)c1F. The number of carbonyl (C=O) groups is 2. The molecule has 0 aliphatic rings. The molecule has 1 aromatic rings. The van der Waals surface area contributed by atoms with Gasteiger partial charge >= 0.3 is 11.9 Å². The van der Waals surface area contributed by atoms with Crippen LogP contribution in [-0.2, 0) is 16.0 Å². The number of aryl methyl sites for hydroxylation is 1. The van der Waals surface area contributed by atoms with Gasteiger partial charge in [-0.1, -0.05) is 6.92 Å². The fourth-order valence-corrected chi connectivity index (χ4v) is 1.64. The van der Waals surface area contributed by atoms with Gasteiger partial charge in [0.15, 0.2) is 0 Å². The standard InChI is InChI=1S/C13H15FO3/c1-5-10-11(13(16)17-9(4)15)6-7(2)8(3)12(10)14/h6H,5H2,1-4H3. The topological polar surface area (TPSA) is 43.4 Å². The number of benzene rings is 1. The molecule has 0 atom stereocenters. The summed E-state index contributed by atoms with van der Waals surface area (Å²) in [5.74, 6) is -1.89. The molecule has 0 bridgehead atoms. The minimum Gasteiger partial charge on any atom is -0.390 e. The minimum atomic E-state index is -0.795. The molecule has 0 aromatic heterocycles. The van der Waals surface area contributed by atoms with Crippen LogP contribution in [0, 0.1) is 19.7 Å². The summed E-state index contributed by atoms with van der Waals surface area (Å²) < 4.78 is 18.4. The van der Waals surface area contributed by atoms with Gasteiger partial charge in [-0.05, 0) is 37.5 Å². The molecule has 0 saturated carbocycles. The molecule has 0 spiro atoms. The number of hydrogen-bond acceptors (Lipinski definition) is 3. The van der Waals surface area contributed by atoms with Gasteiger partial charge < -0.3 is 4.74 Å². The molecule has 0 aliphatic carbocycles. The molecule has 0 saturated heterocycles. The Labute approximate surface area is 99.6 Å². The van der Waals surface area contributed by atoms with Crippen LogP contribution in [-0.4, -0.2) is 11.9 Å². The summed E-state index contributed by atoms with van der Waals surface area (Å²) in [7, 11) is 0. The van der Waals surface area contributed by atoms with E-state index in [1.54, 1.807) is 26.8 Å². The number of ether oxygens (including phenoxy) is 1. The van der Waals surface area contributed by atoms with Crippen molar-refractivity contribution in [2.45, 2.75) is 34.1 Å². The van der Waals surface area contributed by atoms with E-state index in [1.165, 1.54) is 0 Å². The summed E-state index contributed by atoms with van der Waals surface area (Å²) in [5.41, 5.74) is 1.60. The smallest absolute Gasteiger partial charge is 0.346 e. The normalized spacial score (nSPS) is 10.2. The van der Waals surface area contributed by atoms with E-state index in [4.69, 9.17) is 0 Å². The predicted octanol–water partition coefficient (Wildman–Crippen LogP) is 2.71. The van der Waals surface area contributed by atoms with Crippen molar-refractivity contribution in [1.82, 2.24) is 0 Å². The lowest BCUT2D eigenvalue weighted by molar-refractivity contribution is -0.135. The number of halogens is 1. The van der Waals surface area contributed by atoms with Gasteiger partial charge in [-0.15, -0.1) is 0 Å². The van der Waals surface area contributed by atoms with Crippen molar-refractivity contribution in [2.24, 2.45) is 0 Å². The molecule has 0 fully saturated rings. The average molecular weight is 238 g/mol. The summed E-state index contributed by atoms with van der Waals surface area (Å²) >= 11 is 0. The summed E-state index contributed by atoms with van der Waals surface area (Å²) in [4.78, 5) is 22.4. The molecule has 3 nitrogen and oxygen atoms in total. The third-order valence-electron chi connectivity index (χ3n) is 2.68. The van der Waals surface area contributed by atoms with E-state index in [0.29, 0.717) is 23.1 Å². The molecule has 92 valence electrons. The Morgan fingerprint density at radius 1 is 1.35 bits per heavy atom. The van der Waals surface area contributed by atoms with Crippen molar-refractivity contribution in [3.63, 3.8) is 0 Å². The molecule has 0 radical (unpaired) electrons. The van der Waals surface area contributed by atoms with Gasteiger partial charge in [-0.25, -0.2) is 9.18 Å². The van der Waals surface area contributed by atoms with Gasteiger partial charge in [0, 0.05) is 12.5 Å². The molecule has 0 unspecified atom stereocenters. The van der Waals surface area contributed by atoms with Crippen LogP contribution in [0.15, 0.2) is 6.07 Å². The van der Waals surface area contributed by atoms with Gasteiger partial charge in [0.05, 0.1) is 5.56 Å². The van der Waals surface area contributed by atoms with Crippen molar-refractivity contribution in [3.8, 4) is 0 Å². The Morgan fingerprint density at radius 3 is 2.41 bits per heavy atom. The van der Waals surface area contributed by atoms with Crippen LogP contribution >= 0.6 is 0 Å². The van der Waals surface area contributed by atoms with Crippen molar-refractivity contribution >= 4 is 11.9 Å². The third kappa shape index (κ3) is 2.70. The van der Waals surface area contributed by atoms with E-state index < -0.39 is 17.8 Å². The molecular weight excluding hydrogens is 223 g/mol. The quantitative estimate of drug-likeness (QED) is 0.587. The lowest BCUT2D eigenvalue weighted by Crippen LogP contribution is -2.14. The molecular formula is C13H15FO3. The molecule has 0 N–H and O–H groups in total. The molecule has 0 heterocycles. The van der Waals surface area contributed by atoms with Gasteiger partial charge in [0.2, 0.25) is 0 Å². The third-order valence-corrected chi connectivity index (χ3v) is 2.68. The maximum absolute atomic E-state index is 13.9. The molecule has 0 amide bonds. The molecule has 1 aromatic carbocycles. The fourth-order valence-electron chi connectivity index (χ4n) is 1.64. The summed E-state index contributed by atoms with van der Waals surface area (Å²) in [6, 6.07) is 1.56. The van der Waals surface area contributed by atoms with Crippen molar-refractivity contribution in [3.05, 3.63) is 34.1 Å². The van der Waals surface area contributed by atoms with Crippen LogP contribution in [0.4, 0.5) is 4.39 Å². The molecule has 17 heavy (non-hydrogen) atoms. The summed E-state index contributed by atoms with van der Waals surface area (Å²) in [5, 5.41) is 0. The van der Waals surface area contributed by atoms with E-state index in [2.05, 4.69) is 4.74 Å². The second kappa shape index (κ2) is 5.08. The monoisotopic (exact) mass is 238 g/mol. The highest BCUT2D eigenvalue weighted by atomic mass is 19.1. The average Bonchev–Trinajstić information content (AvgIpc) is 2.24. The number of hydrogen-bond donors (Lipinski definition) is 0. The Morgan fingerprint density at radius 2 is 1.94 bits per heavy atom. The highest BCUT2D eigenvalue weighted by Gasteiger charge is 2.19. The van der Waals surface area contributed by atoms with Gasteiger partial charge in [0.1, 0.15) is 5.82 Å². The van der Waals surface area contributed by atoms with Gasteiger partial charge in [0.25, 0.3) is 0 Å². The van der Waals surface area contributed by atoms with Crippen LogP contribution in [0.5, 0.6) is 0 Å². The van der Waals surface area contributed by atoms with Crippen LogP contribution < -0.4 is 0 Å². The zero-order chi connectivity index (χ0) is 13.2. The minimum absolute atomic E-state index is 0.128. The highest BCUT2D eigenvalue weighted by molar-refractivity contribution is 5.97. The van der Waals surface area contributed by atoms with Gasteiger partial charge in [-0.3, -0.25) is 4.79 Å². The van der Waals surface area contributed by atoms with Crippen molar-refractivity contribution in [2.75, 3.05) is 0 Å². The predicted molar refractivity (Wildman–Crippen MR) is 61.3 cm³/mol. The lowest BCUT2D eigenvalue weighted by atomic mass is 9.97. The summed E-state index contributed by atoms with van der Waals surface area (Å²) in [6.07, 6.45) is 0.370. The van der Waals surface area contributed by atoms with E-state index >= 15 is 0 Å². The number of carbonyl (C=O) groups excluding carboxylic acids is 2. The largest absolute Gasteiger partial charge is 0.390 e. The van der Waals surface area contributed by atoms with E-state index in [9.17, 15) is 14.0 Å². The molecule has 1 rings (SSSR count). The number of esters is 2. The highest BCUT2D eigenvalue weighted by Crippen LogP contribution is 2.22. The number of rotatable bonds is 2. The van der Waals surface area contributed by atoms with E-state index in [1.807, 2.05) is 0 Å².